The van der Waals surface area contributed by atoms with Gasteiger partial charge in [0.2, 0.25) is 11.8 Å². The number of benzene rings is 1. The van der Waals surface area contributed by atoms with Crippen molar-refractivity contribution in [2.75, 3.05) is 18.5 Å². The van der Waals surface area contributed by atoms with Crippen molar-refractivity contribution < 1.29 is 14.3 Å². The third-order valence-corrected chi connectivity index (χ3v) is 5.87. The fourth-order valence-corrected chi connectivity index (χ4v) is 4.49. The van der Waals surface area contributed by atoms with Gasteiger partial charge in [-0.05, 0) is 37.3 Å². The summed E-state index contributed by atoms with van der Waals surface area (Å²) in [6, 6.07) is 8.16. The molecule has 1 saturated heterocycles. The normalized spacial score (nSPS) is 28.7. The maximum atomic E-state index is 12.8. The van der Waals surface area contributed by atoms with Gasteiger partial charge in [-0.3, -0.25) is 9.59 Å². The first kappa shape index (κ1) is 16.6. The van der Waals surface area contributed by atoms with Crippen molar-refractivity contribution >= 4 is 17.5 Å². The summed E-state index contributed by atoms with van der Waals surface area (Å²) >= 11 is 0. The van der Waals surface area contributed by atoms with Gasteiger partial charge in [-0.15, -0.1) is 0 Å². The number of rotatable bonds is 3. The molecule has 1 aliphatic carbocycles. The van der Waals surface area contributed by atoms with E-state index in [1.807, 2.05) is 23.1 Å². The Hall–Kier alpha value is -1.88. The van der Waals surface area contributed by atoms with Gasteiger partial charge in [0.25, 0.3) is 0 Å². The van der Waals surface area contributed by atoms with E-state index in [0.717, 1.165) is 24.9 Å². The molecule has 1 N–H and O–H groups in total. The number of nitrogens with one attached hydrogen (secondary N) is 1. The van der Waals surface area contributed by atoms with Crippen LogP contribution in [-0.2, 0) is 20.7 Å². The lowest BCUT2D eigenvalue weighted by atomic mass is 9.88. The summed E-state index contributed by atoms with van der Waals surface area (Å²) in [5.41, 5.74) is 2.08. The van der Waals surface area contributed by atoms with Crippen LogP contribution in [0.4, 0.5) is 5.69 Å². The lowest BCUT2D eigenvalue weighted by Gasteiger charge is -2.44. The standard InChI is InChI=1S/C20H26N2O3/c23-19(22-11-12-25-18-8-4-3-7-17(18)22)10-9-15-13-14-5-1-2-6-16(14)21-20(15)24/h1-2,5-6,15,17-18H,3-4,7-13H2,(H,21,24)/t15-,17+,18-/m0/s1. The van der Waals surface area contributed by atoms with Crippen LogP contribution in [0.15, 0.2) is 24.3 Å². The van der Waals surface area contributed by atoms with Gasteiger partial charge in [-0.25, -0.2) is 0 Å². The molecule has 0 radical (unpaired) electrons. The Kier molecular flexibility index (Phi) is 4.75. The molecule has 5 heteroatoms. The number of hydrogen-bond acceptors (Lipinski definition) is 3. The van der Waals surface area contributed by atoms with Crippen LogP contribution in [0.3, 0.4) is 0 Å². The third kappa shape index (κ3) is 3.43. The van der Waals surface area contributed by atoms with Gasteiger partial charge in [-0.1, -0.05) is 31.0 Å². The van der Waals surface area contributed by atoms with Crippen LogP contribution < -0.4 is 5.32 Å². The molecule has 3 aliphatic rings. The van der Waals surface area contributed by atoms with Crippen LogP contribution in [0.5, 0.6) is 0 Å². The highest BCUT2D eigenvalue weighted by molar-refractivity contribution is 5.96. The largest absolute Gasteiger partial charge is 0.374 e. The van der Waals surface area contributed by atoms with Crippen LogP contribution in [-0.4, -0.2) is 42.0 Å². The minimum atomic E-state index is -0.109. The zero-order valence-corrected chi connectivity index (χ0v) is 14.6. The van der Waals surface area contributed by atoms with E-state index < -0.39 is 0 Å². The molecule has 2 fully saturated rings. The molecular weight excluding hydrogens is 316 g/mol. The number of para-hydroxylation sites is 1. The highest BCUT2D eigenvalue weighted by atomic mass is 16.5. The lowest BCUT2D eigenvalue weighted by Crippen LogP contribution is -2.54. The fraction of sp³-hybridized carbons (Fsp3) is 0.600. The molecule has 134 valence electrons. The van der Waals surface area contributed by atoms with E-state index in [-0.39, 0.29) is 29.9 Å². The first-order chi connectivity index (χ1) is 12.2. The summed E-state index contributed by atoms with van der Waals surface area (Å²) in [6.07, 6.45) is 6.50. The first-order valence-electron chi connectivity index (χ1n) is 9.52. The van der Waals surface area contributed by atoms with Crippen molar-refractivity contribution in [2.45, 2.75) is 57.1 Å². The Balaban J connectivity index is 1.36. The Morgan fingerprint density at radius 1 is 1.24 bits per heavy atom. The highest BCUT2D eigenvalue weighted by Crippen LogP contribution is 2.31. The monoisotopic (exact) mass is 342 g/mol. The smallest absolute Gasteiger partial charge is 0.227 e. The van der Waals surface area contributed by atoms with E-state index in [2.05, 4.69) is 11.4 Å². The molecule has 1 aromatic carbocycles. The average Bonchev–Trinajstić information content (AvgIpc) is 2.65. The topological polar surface area (TPSA) is 58.6 Å². The molecular formula is C20H26N2O3. The van der Waals surface area contributed by atoms with Gasteiger partial charge in [0.1, 0.15) is 0 Å². The SMILES string of the molecule is O=C1Nc2ccccc2C[C@@H]1CCC(=O)N1CCO[C@H]2CCCC[C@H]21. The molecule has 0 unspecified atom stereocenters. The second-order valence-electron chi connectivity index (χ2n) is 7.43. The molecule has 2 heterocycles. The van der Waals surface area contributed by atoms with E-state index in [1.54, 1.807) is 0 Å². The summed E-state index contributed by atoms with van der Waals surface area (Å²) < 4.78 is 5.85. The first-order valence-corrected chi connectivity index (χ1v) is 9.52. The van der Waals surface area contributed by atoms with Crippen LogP contribution in [0.1, 0.15) is 44.1 Å². The van der Waals surface area contributed by atoms with Crippen LogP contribution >= 0.6 is 0 Å². The molecule has 0 spiro atoms. The molecule has 4 rings (SSSR count). The second-order valence-corrected chi connectivity index (χ2v) is 7.43. The summed E-state index contributed by atoms with van der Waals surface area (Å²) in [6.45, 7) is 1.34. The Bertz CT molecular complexity index is 658. The number of nitrogens with zero attached hydrogens (tertiary/aromatic N) is 1. The van der Waals surface area contributed by atoms with Gasteiger partial charge < -0.3 is 15.0 Å². The van der Waals surface area contributed by atoms with Crippen molar-refractivity contribution in [1.29, 1.82) is 0 Å². The molecule has 5 nitrogen and oxygen atoms in total. The summed E-state index contributed by atoms with van der Waals surface area (Å²) in [5.74, 6) is 0.123. The van der Waals surface area contributed by atoms with E-state index in [0.29, 0.717) is 26.0 Å². The number of hydrogen-bond donors (Lipinski definition) is 1. The van der Waals surface area contributed by atoms with E-state index in [1.165, 1.54) is 18.4 Å². The van der Waals surface area contributed by atoms with E-state index >= 15 is 0 Å². The van der Waals surface area contributed by atoms with Crippen molar-refractivity contribution in [2.24, 2.45) is 5.92 Å². The molecule has 0 aromatic heterocycles. The molecule has 25 heavy (non-hydrogen) atoms. The van der Waals surface area contributed by atoms with Gasteiger partial charge in [0, 0.05) is 24.6 Å². The van der Waals surface area contributed by atoms with Gasteiger partial charge in [0.15, 0.2) is 0 Å². The van der Waals surface area contributed by atoms with Crippen molar-refractivity contribution in [3.05, 3.63) is 29.8 Å². The Labute approximate surface area is 148 Å². The quantitative estimate of drug-likeness (QED) is 0.919. The maximum absolute atomic E-state index is 12.8. The molecule has 3 atom stereocenters. The number of morpholine rings is 1. The van der Waals surface area contributed by atoms with Gasteiger partial charge in [-0.2, -0.15) is 0 Å². The van der Waals surface area contributed by atoms with Crippen molar-refractivity contribution in [3.8, 4) is 0 Å². The molecule has 1 aromatic rings. The predicted octanol–water partition coefficient (Wildman–Crippen LogP) is 2.75. The van der Waals surface area contributed by atoms with Crippen LogP contribution in [0, 0.1) is 5.92 Å². The number of carbonyl (C=O) groups is 2. The van der Waals surface area contributed by atoms with Gasteiger partial charge in [0.05, 0.1) is 18.8 Å². The molecule has 2 amide bonds. The maximum Gasteiger partial charge on any atom is 0.227 e. The molecule has 0 bridgehead atoms. The minimum absolute atomic E-state index is 0.0454. The third-order valence-electron chi connectivity index (χ3n) is 5.87. The highest BCUT2D eigenvalue weighted by Gasteiger charge is 2.37. The summed E-state index contributed by atoms with van der Waals surface area (Å²) in [7, 11) is 0. The molecule has 2 aliphatic heterocycles. The number of amides is 2. The van der Waals surface area contributed by atoms with Crippen LogP contribution in [0.25, 0.3) is 0 Å². The number of carbonyl (C=O) groups excluding carboxylic acids is 2. The Morgan fingerprint density at radius 2 is 2.08 bits per heavy atom. The predicted molar refractivity (Wildman–Crippen MR) is 95.2 cm³/mol. The van der Waals surface area contributed by atoms with Crippen molar-refractivity contribution in [1.82, 2.24) is 4.90 Å². The van der Waals surface area contributed by atoms with Crippen molar-refractivity contribution in [3.63, 3.8) is 0 Å². The zero-order valence-electron chi connectivity index (χ0n) is 14.6. The van der Waals surface area contributed by atoms with E-state index in [4.69, 9.17) is 4.74 Å². The summed E-state index contributed by atoms with van der Waals surface area (Å²) in [4.78, 5) is 27.1. The van der Waals surface area contributed by atoms with E-state index in [9.17, 15) is 9.59 Å². The Morgan fingerprint density at radius 3 is 3.00 bits per heavy atom. The minimum Gasteiger partial charge on any atom is -0.374 e. The zero-order chi connectivity index (χ0) is 17.2. The molecule has 1 saturated carbocycles. The lowest BCUT2D eigenvalue weighted by molar-refractivity contribution is -0.149. The van der Waals surface area contributed by atoms with Gasteiger partial charge >= 0.3 is 0 Å². The number of fused-ring (bicyclic) bond motifs is 2. The average molecular weight is 342 g/mol. The van der Waals surface area contributed by atoms with Crippen LogP contribution in [0.2, 0.25) is 0 Å². The summed E-state index contributed by atoms with van der Waals surface area (Å²) in [5, 5.41) is 2.97. The fourth-order valence-electron chi connectivity index (χ4n) is 4.49. The number of ether oxygens (including phenoxy) is 1. The number of anilines is 1. The second kappa shape index (κ2) is 7.16.